The SMILES string of the molecule is CC(C)(CO)NCc1ncc[nH]1. The number of H-pyrrole nitrogens is 1. The Kier molecular flexibility index (Phi) is 2.83. The van der Waals surface area contributed by atoms with Crippen molar-refractivity contribution in [3.8, 4) is 0 Å². The highest BCUT2D eigenvalue weighted by molar-refractivity contribution is 4.88. The lowest BCUT2D eigenvalue weighted by atomic mass is 10.1. The predicted octanol–water partition coefficient (Wildman–Crippen LogP) is 0.270. The van der Waals surface area contributed by atoms with Gasteiger partial charge >= 0.3 is 0 Å². The fraction of sp³-hybridized carbons (Fsp3) is 0.625. The van der Waals surface area contributed by atoms with Crippen LogP contribution in [-0.2, 0) is 6.54 Å². The van der Waals surface area contributed by atoms with Gasteiger partial charge in [-0.3, -0.25) is 0 Å². The fourth-order valence-electron chi connectivity index (χ4n) is 0.774. The van der Waals surface area contributed by atoms with E-state index in [-0.39, 0.29) is 12.1 Å². The zero-order valence-electron chi connectivity index (χ0n) is 7.46. The smallest absolute Gasteiger partial charge is 0.120 e. The minimum atomic E-state index is -0.243. The fourth-order valence-corrected chi connectivity index (χ4v) is 0.774. The van der Waals surface area contributed by atoms with Crippen molar-refractivity contribution in [2.75, 3.05) is 6.61 Å². The summed E-state index contributed by atoms with van der Waals surface area (Å²) in [6.07, 6.45) is 3.49. The van der Waals surface area contributed by atoms with E-state index < -0.39 is 0 Å². The third kappa shape index (κ3) is 2.64. The summed E-state index contributed by atoms with van der Waals surface area (Å²) in [4.78, 5) is 7.03. The number of imidazole rings is 1. The van der Waals surface area contributed by atoms with Crippen molar-refractivity contribution in [1.29, 1.82) is 0 Å². The Balaban J connectivity index is 2.36. The van der Waals surface area contributed by atoms with Gasteiger partial charge < -0.3 is 15.4 Å². The Labute approximate surface area is 72.0 Å². The van der Waals surface area contributed by atoms with Crippen LogP contribution in [-0.4, -0.2) is 27.2 Å². The molecule has 1 aromatic heterocycles. The minimum absolute atomic E-state index is 0.119. The molecule has 1 aromatic rings. The molecule has 0 aromatic carbocycles. The zero-order valence-corrected chi connectivity index (χ0v) is 7.46. The number of aliphatic hydroxyl groups excluding tert-OH is 1. The second-order valence-corrected chi connectivity index (χ2v) is 3.43. The highest BCUT2D eigenvalue weighted by Crippen LogP contribution is 2.00. The van der Waals surface area contributed by atoms with Gasteiger partial charge in [-0.05, 0) is 13.8 Å². The van der Waals surface area contributed by atoms with Crippen molar-refractivity contribution in [2.45, 2.75) is 25.9 Å². The van der Waals surface area contributed by atoms with Gasteiger partial charge in [-0.15, -0.1) is 0 Å². The zero-order chi connectivity index (χ0) is 9.03. The van der Waals surface area contributed by atoms with Crippen molar-refractivity contribution in [3.63, 3.8) is 0 Å². The van der Waals surface area contributed by atoms with E-state index in [1.165, 1.54) is 0 Å². The average molecular weight is 169 g/mol. The van der Waals surface area contributed by atoms with Gasteiger partial charge in [0, 0.05) is 17.9 Å². The molecule has 0 saturated carbocycles. The number of hydrogen-bond donors (Lipinski definition) is 3. The molecule has 0 bridgehead atoms. The van der Waals surface area contributed by atoms with Crippen molar-refractivity contribution in [2.24, 2.45) is 0 Å². The predicted molar refractivity (Wildman–Crippen MR) is 46.6 cm³/mol. The number of rotatable bonds is 4. The van der Waals surface area contributed by atoms with E-state index in [0.29, 0.717) is 6.54 Å². The van der Waals surface area contributed by atoms with Crippen LogP contribution in [0.25, 0.3) is 0 Å². The Morgan fingerprint density at radius 3 is 2.92 bits per heavy atom. The molecule has 4 nitrogen and oxygen atoms in total. The monoisotopic (exact) mass is 169 g/mol. The summed E-state index contributed by atoms with van der Waals surface area (Å²) in [5, 5.41) is 12.1. The summed E-state index contributed by atoms with van der Waals surface area (Å²) in [5.74, 6) is 0.886. The van der Waals surface area contributed by atoms with Crippen LogP contribution < -0.4 is 5.32 Å². The maximum atomic E-state index is 8.93. The molecule has 12 heavy (non-hydrogen) atoms. The third-order valence-corrected chi connectivity index (χ3v) is 1.68. The average Bonchev–Trinajstić information content (AvgIpc) is 2.53. The van der Waals surface area contributed by atoms with E-state index in [4.69, 9.17) is 5.11 Å². The molecule has 0 aliphatic carbocycles. The summed E-state index contributed by atoms with van der Waals surface area (Å²) in [5.41, 5.74) is -0.243. The Morgan fingerprint density at radius 2 is 2.42 bits per heavy atom. The highest BCUT2D eigenvalue weighted by atomic mass is 16.3. The van der Waals surface area contributed by atoms with Crippen LogP contribution in [0.2, 0.25) is 0 Å². The number of aromatic amines is 1. The van der Waals surface area contributed by atoms with Gasteiger partial charge in [0.15, 0.2) is 0 Å². The Morgan fingerprint density at radius 1 is 1.67 bits per heavy atom. The van der Waals surface area contributed by atoms with Crippen molar-refractivity contribution in [1.82, 2.24) is 15.3 Å². The first-order chi connectivity index (χ1) is 5.64. The second-order valence-electron chi connectivity index (χ2n) is 3.43. The first-order valence-electron chi connectivity index (χ1n) is 3.98. The van der Waals surface area contributed by atoms with E-state index in [2.05, 4.69) is 15.3 Å². The summed E-state index contributed by atoms with van der Waals surface area (Å²) in [7, 11) is 0. The molecule has 0 saturated heterocycles. The highest BCUT2D eigenvalue weighted by Gasteiger charge is 2.14. The molecule has 68 valence electrons. The number of nitrogens with zero attached hydrogens (tertiary/aromatic N) is 1. The number of nitrogens with one attached hydrogen (secondary N) is 2. The van der Waals surface area contributed by atoms with Gasteiger partial charge in [0.05, 0.1) is 13.2 Å². The van der Waals surface area contributed by atoms with E-state index in [1.807, 2.05) is 13.8 Å². The minimum Gasteiger partial charge on any atom is -0.394 e. The first kappa shape index (κ1) is 9.22. The molecule has 0 amide bonds. The molecule has 0 atom stereocenters. The molecular formula is C8H15N3O. The van der Waals surface area contributed by atoms with Crippen molar-refractivity contribution >= 4 is 0 Å². The van der Waals surface area contributed by atoms with Gasteiger partial charge in [-0.1, -0.05) is 0 Å². The summed E-state index contributed by atoms with van der Waals surface area (Å²) in [6, 6.07) is 0. The first-order valence-corrected chi connectivity index (χ1v) is 3.98. The lowest BCUT2D eigenvalue weighted by Crippen LogP contribution is -2.42. The molecule has 0 aliphatic heterocycles. The molecule has 4 heteroatoms. The van der Waals surface area contributed by atoms with Gasteiger partial charge in [0.2, 0.25) is 0 Å². The standard InChI is InChI=1S/C8H15N3O/c1-8(2,6-12)11-5-7-9-3-4-10-7/h3-4,11-12H,5-6H2,1-2H3,(H,9,10). The van der Waals surface area contributed by atoms with Crippen LogP contribution in [0.3, 0.4) is 0 Å². The van der Waals surface area contributed by atoms with Crippen LogP contribution in [0.5, 0.6) is 0 Å². The maximum absolute atomic E-state index is 8.93. The molecule has 0 fully saturated rings. The van der Waals surface area contributed by atoms with E-state index in [0.717, 1.165) is 5.82 Å². The quantitative estimate of drug-likeness (QED) is 0.606. The van der Waals surface area contributed by atoms with Crippen LogP contribution >= 0.6 is 0 Å². The number of aromatic nitrogens is 2. The molecule has 0 unspecified atom stereocenters. The second kappa shape index (κ2) is 3.69. The van der Waals surface area contributed by atoms with Crippen LogP contribution in [0, 0.1) is 0 Å². The summed E-state index contributed by atoms with van der Waals surface area (Å²) >= 11 is 0. The van der Waals surface area contributed by atoms with E-state index in [1.54, 1.807) is 12.4 Å². The van der Waals surface area contributed by atoms with Gasteiger partial charge in [0.25, 0.3) is 0 Å². The van der Waals surface area contributed by atoms with Crippen molar-refractivity contribution < 1.29 is 5.11 Å². The molecular weight excluding hydrogens is 154 g/mol. The maximum Gasteiger partial charge on any atom is 0.120 e. The molecule has 1 rings (SSSR count). The van der Waals surface area contributed by atoms with Gasteiger partial charge in [-0.25, -0.2) is 4.98 Å². The Hall–Kier alpha value is -0.870. The number of aliphatic hydroxyl groups is 1. The van der Waals surface area contributed by atoms with E-state index >= 15 is 0 Å². The van der Waals surface area contributed by atoms with Gasteiger partial charge in [-0.2, -0.15) is 0 Å². The largest absolute Gasteiger partial charge is 0.394 e. The van der Waals surface area contributed by atoms with Crippen LogP contribution in [0.15, 0.2) is 12.4 Å². The molecule has 1 heterocycles. The third-order valence-electron chi connectivity index (χ3n) is 1.68. The van der Waals surface area contributed by atoms with Crippen LogP contribution in [0.1, 0.15) is 19.7 Å². The Bertz CT molecular complexity index is 218. The lowest BCUT2D eigenvalue weighted by molar-refractivity contribution is 0.186. The van der Waals surface area contributed by atoms with E-state index in [9.17, 15) is 0 Å². The molecule has 0 radical (unpaired) electrons. The summed E-state index contributed by atoms with van der Waals surface area (Å²) in [6.45, 7) is 4.65. The normalized spacial score (nSPS) is 11.9. The lowest BCUT2D eigenvalue weighted by Gasteiger charge is -2.22. The topological polar surface area (TPSA) is 60.9 Å². The van der Waals surface area contributed by atoms with Gasteiger partial charge in [0.1, 0.15) is 5.82 Å². The summed E-state index contributed by atoms with van der Waals surface area (Å²) < 4.78 is 0. The van der Waals surface area contributed by atoms with Crippen LogP contribution in [0.4, 0.5) is 0 Å². The molecule has 0 spiro atoms. The van der Waals surface area contributed by atoms with Crippen molar-refractivity contribution in [3.05, 3.63) is 18.2 Å². The number of hydrogen-bond acceptors (Lipinski definition) is 3. The molecule has 3 N–H and O–H groups in total. The molecule has 0 aliphatic rings.